The first kappa shape index (κ1) is 22.3. The number of carbonyl (C=O) groups excluding carboxylic acids is 2. The highest BCUT2D eigenvalue weighted by Crippen LogP contribution is 2.25. The van der Waals surface area contributed by atoms with Crippen LogP contribution in [0.1, 0.15) is 33.8 Å². The van der Waals surface area contributed by atoms with Gasteiger partial charge in [0.05, 0.1) is 6.26 Å². The first-order valence-corrected chi connectivity index (χ1v) is 10.0. The zero-order valence-corrected chi connectivity index (χ0v) is 16.9. The molecule has 1 aromatic carbocycles. The number of anilines is 1. The molecule has 2 aromatic heterocycles. The van der Waals surface area contributed by atoms with E-state index < -0.39 is 6.36 Å². The van der Waals surface area contributed by atoms with E-state index in [1.54, 1.807) is 18.3 Å². The van der Waals surface area contributed by atoms with Crippen LogP contribution in [0.15, 0.2) is 53.3 Å². The van der Waals surface area contributed by atoms with Crippen molar-refractivity contribution in [2.75, 3.05) is 11.9 Å². The van der Waals surface area contributed by atoms with Crippen molar-refractivity contribution in [1.29, 1.82) is 0 Å². The van der Waals surface area contributed by atoms with Crippen LogP contribution in [0.2, 0.25) is 0 Å². The highest BCUT2D eigenvalue weighted by Gasteiger charge is 2.30. The second-order valence-corrected chi connectivity index (χ2v) is 7.50. The number of benzene rings is 1. The number of alkyl halides is 3. The summed E-state index contributed by atoms with van der Waals surface area (Å²) in [6, 6.07) is 8.73. The smallest absolute Gasteiger partial charge is 0.459 e. The number of hydrogen-bond donors (Lipinski definition) is 2. The average molecular weight is 453 g/mol. The van der Waals surface area contributed by atoms with Gasteiger partial charge in [0.1, 0.15) is 5.75 Å². The summed E-state index contributed by atoms with van der Waals surface area (Å²) in [5, 5.41) is 5.77. The Hall–Kier alpha value is -3.34. The van der Waals surface area contributed by atoms with Gasteiger partial charge in [0.25, 0.3) is 5.91 Å². The van der Waals surface area contributed by atoms with Crippen molar-refractivity contribution in [3.63, 3.8) is 0 Å². The third kappa shape index (κ3) is 7.45. The summed E-state index contributed by atoms with van der Waals surface area (Å²) in [5.74, 6) is -0.647. The molecule has 0 unspecified atom stereocenters. The summed E-state index contributed by atoms with van der Waals surface area (Å²) >= 11 is 1.28. The van der Waals surface area contributed by atoms with Crippen molar-refractivity contribution in [2.24, 2.45) is 0 Å². The van der Waals surface area contributed by atoms with E-state index in [9.17, 15) is 22.8 Å². The highest BCUT2D eigenvalue weighted by molar-refractivity contribution is 7.15. The standard InChI is InChI=1S/C20H18F3N3O4S/c21-20(22,23)30-14-7-5-13(6-8-14)11-15-12-25-19(31-15)26-17(27)4-1-9-24-18(28)16-3-2-10-29-16/h2-3,5-8,10,12H,1,4,9,11H2,(H,24,28)(H,25,26,27). The van der Waals surface area contributed by atoms with E-state index in [2.05, 4.69) is 20.4 Å². The number of furan rings is 1. The van der Waals surface area contributed by atoms with E-state index >= 15 is 0 Å². The average Bonchev–Trinajstić information content (AvgIpc) is 3.38. The van der Waals surface area contributed by atoms with E-state index in [0.717, 1.165) is 10.4 Å². The fourth-order valence-corrected chi connectivity index (χ4v) is 3.45. The summed E-state index contributed by atoms with van der Waals surface area (Å²) < 4.78 is 45.4. The molecule has 0 radical (unpaired) electrons. The Morgan fingerprint density at radius 3 is 2.61 bits per heavy atom. The Labute approximate surface area is 179 Å². The quantitative estimate of drug-likeness (QED) is 0.469. The molecule has 31 heavy (non-hydrogen) atoms. The molecule has 2 heterocycles. The minimum atomic E-state index is -4.72. The van der Waals surface area contributed by atoms with Gasteiger partial charge in [-0.25, -0.2) is 4.98 Å². The summed E-state index contributed by atoms with van der Waals surface area (Å²) in [4.78, 5) is 28.7. The van der Waals surface area contributed by atoms with Gasteiger partial charge in [0, 0.05) is 30.5 Å². The fourth-order valence-electron chi connectivity index (χ4n) is 2.58. The number of nitrogens with zero attached hydrogens (tertiary/aromatic N) is 1. The van der Waals surface area contributed by atoms with Crippen LogP contribution < -0.4 is 15.4 Å². The van der Waals surface area contributed by atoms with E-state index in [1.165, 1.54) is 41.9 Å². The molecule has 0 saturated heterocycles. The molecule has 0 aliphatic rings. The third-order valence-corrected chi connectivity index (χ3v) is 4.86. The Bertz CT molecular complexity index is 1000. The number of nitrogens with one attached hydrogen (secondary N) is 2. The molecule has 0 aliphatic heterocycles. The maximum absolute atomic E-state index is 12.2. The number of ether oxygens (including phenoxy) is 1. The molecule has 11 heteroatoms. The molecule has 0 fully saturated rings. The lowest BCUT2D eigenvalue weighted by Gasteiger charge is -2.08. The highest BCUT2D eigenvalue weighted by atomic mass is 32.1. The number of carbonyl (C=O) groups is 2. The number of thiazole rings is 1. The third-order valence-electron chi connectivity index (χ3n) is 3.95. The minimum Gasteiger partial charge on any atom is -0.459 e. The van der Waals surface area contributed by atoms with E-state index in [-0.39, 0.29) is 29.7 Å². The molecule has 0 saturated carbocycles. The lowest BCUT2D eigenvalue weighted by molar-refractivity contribution is -0.274. The summed E-state index contributed by atoms with van der Waals surface area (Å²) in [5.41, 5.74) is 0.781. The summed E-state index contributed by atoms with van der Waals surface area (Å²) in [7, 11) is 0. The van der Waals surface area contributed by atoms with Crippen LogP contribution in [0.4, 0.5) is 18.3 Å². The van der Waals surface area contributed by atoms with Gasteiger partial charge in [0.2, 0.25) is 5.91 Å². The summed E-state index contributed by atoms with van der Waals surface area (Å²) in [6.45, 7) is 0.324. The van der Waals surface area contributed by atoms with Gasteiger partial charge >= 0.3 is 6.36 Å². The molecule has 0 atom stereocenters. The van der Waals surface area contributed by atoms with Crippen molar-refractivity contribution < 1.29 is 31.9 Å². The topological polar surface area (TPSA) is 93.5 Å². The second kappa shape index (κ2) is 10.1. The molecular weight excluding hydrogens is 435 g/mol. The van der Waals surface area contributed by atoms with Crippen LogP contribution in [0.3, 0.4) is 0 Å². The largest absolute Gasteiger partial charge is 0.573 e. The molecule has 2 N–H and O–H groups in total. The van der Waals surface area contributed by atoms with Crippen molar-refractivity contribution >= 4 is 28.3 Å². The molecule has 2 amide bonds. The molecule has 3 aromatic rings. The van der Waals surface area contributed by atoms with Crippen LogP contribution in [0.25, 0.3) is 0 Å². The Morgan fingerprint density at radius 2 is 1.94 bits per heavy atom. The summed E-state index contributed by atoms with van der Waals surface area (Å²) in [6.07, 6.45) is -0.612. The lowest BCUT2D eigenvalue weighted by Crippen LogP contribution is -2.25. The first-order chi connectivity index (χ1) is 14.8. The predicted octanol–water partition coefficient (Wildman–Crippen LogP) is 4.37. The monoisotopic (exact) mass is 453 g/mol. The van der Waals surface area contributed by atoms with E-state index in [0.29, 0.717) is 24.5 Å². The number of aromatic nitrogens is 1. The number of halogens is 3. The van der Waals surface area contributed by atoms with Crippen LogP contribution in [0.5, 0.6) is 5.75 Å². The molecule has 164 valence electrons. The van der Waals surface area contributed by atoms with Crippen molar-refractivity contribution in [3.05, 3.63) is 65.1 Å². The van der Waals surface area contributed by atoms with Crippen LogP contribution in [0, 0.1) is 0 Å². The number of hydrogen-bond acceptors (Lipinski definition) is 6. The van der Waals surface area contributed by atoms with Gasteiger partial charge in [-0.05, 0) is 36.2 Å². The number of amides is 2. The lowest BCUT2D eigenvalue weighted by atomic mass is 10.1. The Kier molecular flexibility index (Phi) is 7.29. The van der Waals surface area contributed by atoms with Crippen molar-refractivity contribution in [3.8, 4) is 5.75 Å². The van der Waals surface area contributed by atoms with Gasteiger partial charge in [-0.2, -0.15) is 0 Å². The van der Waals surface area contributed by atoms with Gasteiger partial charge in [-0.1, -0.05) is 12.1 Å². The fraction of sp³-hybridized carbons (Fsp3) is 0.250. The Morgan fingerprint density at radius 1 is 1.16 bits per heavy atom. The van der Waals surface area contributed by atoms with E-state index in [1.807, 2.05) is 0 Å². The normalized spacial score (nSPS) is 11.2. The van der Waals surface area contributed by atoms with Crippen LogP contribution in [-0.2, 0) is 11.2 Å². The maximum atomic E-state index is 12.2. The van der Waals surface area contributed by atoms with Crippen molar-refractivity contribution in [2.45, 2.75) is 25.6 Å². The van der Waals surface area contributed by atoms with E-state index in [4.69, 9.17) is 4.42 Å². The maximum Gasteiger partial charge on any atom is 0.573 e. The zero-order chi connectivity index (χ0) is 22.3. The molecule has 3 rings (SSSR count). The minimum absolute atomic E-state index is 0.202. The number of rotatable bonds is 9. The second-order valence-electron chi connectivity index (χ2n) is 6.39. The zero-order valence-electron chi connectivity index (χ0n) is 16.1. The molecule has 0 spiro atoms. The first-order valence-electron chi connectivity index (χ1n) is 9.19. The molecule has 0 aliphatic carbocycles. The van der Waals surface area contributed by atoms with Crippen molar-refractivity contribution in [1.82, 2.24) is 10.3 Å². The van der Waals surface area contributed by atoms with Gasteiger partial charge in [0.15, 0.2) is 10.9 Å². The SMILES string of the molecule is O=C(CCCNC(=O)c1ccco1)Nc1ncc(Cc2ccc(OC(F)(F)F)cc2)s1. The van der Waals surface area contributed by atoms with Crippen LogP contribution >= 0.6 is 11.3 Å². The van der Waals surface area contributed by atoms with Crippen LogP contribution in [-0.4, -0.2) is 29.7 Å². The Balaban J connectivity index is 1.40. The predicted molar refractivity (Wildman–Crippen MR) is 107 cm³/mol. The molecule has 0 bridgehead atoms. The van der Waals surface area contributed by atoms with Gasteiger partial charge in [-0.15, -0.1) is 24.5 Å². The molecular formula is C20H18F3N3O4S. The molecule has 7 nitrogen and oxygen atoms in total. The van der Waals surface area contributed by atoms with Gasteiger partial charge < -0.3 is 19.8 Å². The van der Waals surface area contributed by atoms with Gasteiger partial charge in [-0.3, -0.25) is 9.59 Å².